The summed E-state index contributed by atoms with van der Waals surface area (Å²) in [6.45, 7) is 8.38. The third-order valence-electron chi connectivity index (χ3n) is 5.02. The predicted octanol–water partition coefficient (Wildman–Crippen LogP) is 2.57. The largest absolute Gasteiger partial charge is 0.365 e. The molecule has 8 heteroatoms. The van der Waals surface area contributed by atoms with Crippen LogP contribution in [0.5, 0.6) is 0 Å². The lowest BCUT2D eigenvalue weighted by molar-refractivity contribution is 0.562. The van der Waals surface area contributed by atoms with E-state index in [0.717, 1.165) is 42.4 Å². The fraction of sp³-hybridized carbons (Fsp3) is 0.500. The molecular formula is C20H28N8. The first-order valence-electron chi connectivity index (χ1n) is 9.68. The van der Waals surface area contributed by atoms with Crippen LogP contribution in [-0.2, 0) is 5.41 Å². The maximum Gasteiger partial charge on any atom is 0.226 e. The molecule has 28 heavy (non-hydrogen) atoms. The van der Waals surface area contributed by atoms with E-state index in [2.05, 4.69) is 52.0 Å². The van der Waals surface area contributed by atoms with E-state index in [4.69, 9.17) is 5.10 Å². The Hall–Kier alpha value is -2.90. The van der Waals surface area contributed by atoms with Crippen molar-refractivity contribution < 1.29 is 0 Å². The van der Waals surface area contributed by atoms with Crippen LogP contribution < -0.4 is 15.1 Å². The molecule has 3 aromatic heterocycles. The van der Waals surface area contributed by atoms with Crippen LogP contribution in [0.25, 0.3) is 5.52 Å². The predicted molar refractivity (Wildman–Crippen MR) is 112 cm³/mol. The van der Waals surface area contributed by atoms with Crippen molar-refractivity contribution in [2.24, 2.45) is 0 Å². The normalized spacial score (nSPS) is 17.3. The molecule has 1 aliphatic rings. The number of nitrogens with one attached hydrogen (secondary N) is 1. The Kier molecular flexibility index (Phi) is 4.56. The van der Waals surface area contributed by atoms with E-state index in [1.165, 1.54) is 0 Å². The molecule has 0 radical (unpaired) electrons. The Morgan fingerprint density at radius 3 is 2.75 bits per heavy atom. The summed E-state index contributed by atoms with van der Waals surface area (Å²) in [6, 6.07) is 4.40. The van der Waals surface area contributed by atoms with Gasteiger partial charge in [-0.15, -0.1) is 0 Å². The smallest absolute Gasteiger partial charge is 0.226 e. The topological polar surface area (TPSA) is 74.5 Å². The molecule has 1 saturated heterocycles. The van der Waals surface area contributed by atoms with Crippen molar-refractivity contribution in [2.45, 2.75) is 38.6 Å². The Labute approximate surface area is 165 Å². The van der Waals surface area contributed by atoms with Crippen molar-refractivity contribution in [3.05, 3.63) is 36.4 Å². The first kappa shape index (κ1) is 18.5. The number of anilines is 3. The zero-order chi connectivity index (χ0) is 19.9. The summed E-state index contributed by atoms with van der Waals surface area (Å²) >= 11 is 0. The van der Waals surface area contributed by atoms with Gasteiger partial charge < -0.3 is 15.1 Å². The van der Waals surface area contributed by atoms with Gasteiger partial charge in [0.1, 0.15) is 11.3 Å². The molecule has 4 heterocycles. The van der Waals surface area contributed by atoms with Crippen LogP contribution in [0, 0.1) is 0 Å². The summed E-state index contributed by atoms with van der Waals surface area (Å²) in [5, 5.41) is 8.29. The highest BCUT2D eigenvalue weighted by Crippen LogP contribution is 2.28. The second-order valence-corrected chi connectivity index (χ2v) is 8.57. The number of fused-ring (bicyclic) bond motifs is 1. The van der Waals surface area contributed by atoms with Crippen molar-refractivity contribution in [1.82, 2.24) is 24.6 Å². The van der Waals surface area contributed by atoms with E-state index in [1.807, 2.05) is 42.0 Å². The molecule has 1 aliphatic heterocycles. The minimum absolute atomic E-state index is 0.00947. The summed E-state index contributed by atoms with van der Waals surface area (Å²) in [5.74, 6) is 2.56. The van der Waals surface area contributed by atoms with Crippen LogP contribution in [-0.4, -0.2) is 57.8 Å². The van der Waals surface area contributed by atoms with Crippen LogP contribution >= 0.6 is 0 Å². The molecular weight excluding hydrogens is 352 g/mol. The maximum atomic E-state index is 4.74. The fourth-order valence-corrected chi connectivity index (χ4v) is 3.44. The molecule has 1 fully saturated rings. The van der Waals surface area contributed by atoms with Gasteiger partial charge in [-0.25, -0.2) is 14.5 Å². The van der Waals surface area contributed by atoms with Crippen molar-refractivity contribution >= 4 is 23.1 Å². The molecule has 0 aliphatic carbocycles. The van der Waals surface area contributed by atoms with Gasteiger partial charge in [0.05, 0.1) is 5.69 Å². The monoisotopic (exact) mass is 380 g/mol. The lowest BCUT2D eigenvalue weighted by Crippen LogP contribution is -2.27. The zero-order valence-electron chi connectivity index (χ0n) is 17.2. The molecule has 1 atom stereocenters. The standard InChI is InChI=1S/C20H28N8/c1-20(2,3)16-12-15-18(21-9-11-28(15)25-16)27-10-7-14(13-27)23-17-6-8-22-19(24-17)26(4)5/h6,8-9,11-12,14H,7,10,13H2,1-5H3,(H,22,23,24). The molecule has 1 N–H and O–H groups in total. The summed E-state index contributed by atoms with van der Waals surface area (Å²) < 4.78 is 1.94. The summed E-state index contributed by atoms with van der Waals surface area (Å²) in [4.78, 5) is 17.7. The van der Waals surface area contributed by atoms with E-state index in [1.54, 1.807) is 6.20 Å². The van der Waals surface area contributed by atoms with Gasteiger partial charge in [0.15, 0.2) is 5.82 Å². The SMILES string of the molecule is CN(C)c1nccc(NC2CCN(c3nccn4nc(C(C)(C)C)cc34)C2)n1. The highest BCUT2D eigenvalue weighted by atomic mass is 15.3. The molecule has 8 nitrogen and oxygen atoms in total. The van der Waals surface area contributed by atoms with E-state index in [-0.39, 0.29) is 5.41 Å². The van der Waals surface area contributed by atoms with Gasteiger partial charge in [-0.05, 0) is 18.6 Å². The van der Waals surface area contributed by atoms with E-state index in [9.17, 15) is 0 Å². The second-order valence-electron chi connectivity index (χ2n) is 8.57. The van der Waals surface area contributed by atoms with Gasteiger partial charge in [-0.3, -0.25) is 0 Å². The van der Waals surface area contributed by atoms with Crippen LogP contribution in [0.1, 0.15) is 32.9 Å². The van der Waals surface area contributed by atoms with E-state index in [0.29, 0.717) is 12.0 Å². The average Bonchev–Trinajstić information content (AvgIpc) is 3.28. The molecule has 3 aromatic rings. The first-order valence-corrected chi connectivity index (χ1v) is 9.68. The molecule has 0 bridgehead atoms. The minimum atomic E-state index is 0.00947. The third kappa shape index (κ3) is 3.58. The lowest BCUT2D eigenvalue weighted by Gasteiger charge is -2.19. The molecule has 4 rings (SSSR count). The van der Waals surface area contributed by atoms with Crippen molar-refractivity contribution in [3.63, 3.8) is 0 Å². The number of hydrogen-bond donors (Lipinski definition) is 1. The van der Waals surface area contributed by atoms with Crippen molar-refractivity contribution in [3.8, 4) is 0 Å². The highest BCUT2D eigenvalue weighted by Gasteiger charge is 2.27. The quantitative estimate of drug-likeness (QED) is 0.745. The Balaban J connectivity index is 1.53. The lowest BCUT2D eigenvalue weighted by atomic mass is 9.92. The number of rotatable bonds is 4. The van der Waals surface area contributed by atoms with Crippen LogP contribution in [0.15, 0.2) is 30.7 Å². The van der Waals surface area contributed by atoms with Crippen molar-refractivity contribution in [2.75, 3.05) is 42.3 Å². The zero-order valence-corrected chi connectivity index (χ0v) is 17.2. The average molecular weight is 381 g/mol. The summed E-state index contributed by atoms with van der Waals surface area (Å²) in [7, 11) is 3.89. The summed E-state index contributed by atoms with van der Waals surface area (Å²) in [6.07, 6.45) is 6.57. The molecule has 0 saturated carbocycles. The van der Waals surface area contributed by atoms with Crippen LogP contribution in [0.3, 0.4) is 0 Å². The molecule has 0 amide bonds. The Morgan fingerprint density at radius 1 is 1.18 bits per heavy atom. The van der Waals surface area contributed by atoms with Gasteiger partial charge in [-0.2, -0.15) is 10.1 Å². The van der Waals surface area contributed by atoms with Gasteiger partial charge in [0, 0.05) is 57.2 Å². The van der Waals surface area contributed by atoms with Gasteiger partial charge in [0.2, 0.25) is 5.95 Å². The van der Waals surface area contributed by atoms with Gasteiger partial charge >= 0.3 is 0 Å². The first-order chi connectivity index (χ1) is 13.3. The Bertz CT molecular complexity index is 972. The molecule has 0 aromatic carbocycles. The molecule has 0 spiro atoms. The second kappa shape index (κ2) is 6.92. The van der Waals surface area contributed by atoms with E-state index >= 15 is 0 Å². The van der Waals surface area contributed by atoms with E-state index < -0.39 is 0 Å². The van der Waals surface area contributed by atoms with Gasteiger partial charge in [-0.1, -0.05) is 20.8 Å². The number of aromatic nitrogens is 5. The third-order valence-corrected chi connectivity index (χ3v) is 5.02. The molecule has 148 valence electrons. The van der Waals surface area contributed by atoms with Crippen molar-refractivity contribution in [1.29, 1.82) is 0 Å². The van der Waals surface area contributed by atoms with Crippen LogP contribution in [0.4, 0.5) is 17.6 Å². The maximum absolute atomic E-state index is 4.74. The van der Waals surface area contributed by atoms with Gasteiger partial charge in [0.25, 0.3) is 0 Å². The fourth-order valence-electron chi connectivity index (χ4n) is 3.44. The molecule has 1 unspecified atom stereocenters. The summed E-state index contributed by atoms with van der Waals surface area (Å²) in [5.41, 5.74) is 2.15. The minimum Gasteiger partial charge on any atom is -0.365 e. The van der Waals surface area contributed by atoms with Crippen LogP contribution in [0.2, 0.25) is 0 Å². The Morgan fingerprint density at radius 2 is 2.00 bits per heavy atom. The number of nitrogens with zero attached hydrogens (tertiary/aromatic N) is 7. The number of hydrogen-bond acceptors (Lipinski definition) is 7. The highest BCUT2D eigenvalue weighted by molar-refractivity contribution is 5.70.